The van der Waals surface area contributed by atoms with Crippen LogP contribution in [0.25, 0.3) is 0 Å². The first kappa shape index (κ1) is 20.4. The van der Waals surface area contributed by atoms with Gasteiger partial charge in [0.2, 0.25) is 0 Å². The van der Waals surface area contributed by atoms with Crippen molar-refractivity contribution in [3.05, 3.63) is 59.7 Å². The Hall–Kier alpha value is -2.87. The van der Waals surface area contributed by atoms with Crippen molar-refractivity contribution in [3.63, 3.8) is 0 Å². The van der Waals surface area contributed by atoms with Gasteiger partial charge in [0.1, 0.15) is 12.4 Å². The third-order valence-electron chi connectivity index (χ3n) is 3.54. The zero-order valence-corrected chi connectivity index (χ0v) is 15.9. The molecule has 144 valence electrons. The van der Waals surface area contributed by atoms with E-state index in [4.69, 9.17) is 9.47 Å². The molecule has 8 heteroatoms. The van der Waals surface area contributed by atoms with Gasteiger partial charge in [-0.25, -0.2) is 13.2 Å². The predicted octanol–water partition coefficient (Wildman–Crippen LogP) is 1.75. The molecule has 2 rings (SSSR count). The molecule has 0 saturated heterocycles. The lowest BCUT2D eigenvalue weighted by Gasteiger charge is -2.09. The summed E-state index contributed by atoms with van der Waals surface area (Å²) in [6.45, 7) is 2.08. The van der Waals surface area contributed by atoms with Crippen LogP contribution in [0.4, 0.5) is 0 Å². The number of amides is 1. The first-order chi connectivity index (χ1) is 12.8. The van der Waals surface area contributed by atoms with Crippen LogP contribution in [0.5, 0.6) is 5.75 Å². The Morgan fingerprint density at radius 3 is 2.41 bits per heavy atom. The Morgan fingerprint density at radius 2 is 1.78 bits per heavy atom. The van der Waals surface area contributed by atoms with Gasteiger partial charge in [-0.15, -0.1) is 0 Å². The lowest BCUT2D eigenvalue weighted by atomic mass is 10.2. The Bertz CT molecular complexity index is 906. The summed E-state index contributed by atoms with van der Waals surface area (Å²) in [6, 6.07) is 12.9. The van der Waals surface area contributed by atoms with E-state index in [0.29, 0.717) is 5.75 Å². The average molecular weight is 391 g/mol. The van der Waals surface area contributed by atoms with E-state index in [9.17, 15) is 18.0 Å². The van der Waals surface area contributed by atoms with Crippen molar-refractivity contribution < 1.29 is 27.5 Å². The Morgan fingerprint density at radius 1 is 1.07 bits per heavy atom. The van der Waals surface area contributed by atoms with E-state index in [1.54, 1.807) is 0 Å². The number of nitrogens with one attached hydrogen (secondary N) is 1. The molecule has 0 heterocycles. The van der Waals surface area contributed by atoms with E-state index in [1.165, 1.54) is 24.3 Å². The number of ether oxygens (including phenoxy) is 2. The highest BCUT2D eigenvalue weighted by atomic mass is 32.2. The van der Waals surface area contributed by atoms with Gasteiger partial charge in [0.15, 0.2) is 16.4 Å². The number of esters is 1. The van der Waals surface area contributed by atoms with Gasteiger partial charge >= 0.3 is 5.97 Å². The Kier molecular flexibility index (Phi) is 6.95. The molecule has 2 aromatic carbocycles. The molecule has 7 nitrogen and oxygen atoms in total. The molecule has 0 unspecified atom stereocenters. The van der Waals surface area contributed by atoms with E-state index in [-0.39, 0.29) is 23.6 Å². The van der Waals surface area contributed by atoms with Crippen LogP contribution in [0.2, 0.25) is 0 Å². The van der Waals surface area contributed by atoms with Crippen LogP contribution in [0.1, 0.15) is 15.9 Å². The second kappa shape index (κ2) is 9.18. The van der Waals surface area contributed by atoms with E-state index in [2.05, 4.69) is 5.32 Å². The fourth-order valence-electron chi connectivity index (χ4n) is 2.17. The first-order valence-electron chi connectivity index (χ1n) is 8.19. The van der Waals surface area contributed by atoms with Crippen molar-refractivity contribution in [2.75, 3.05) is 26.0 Å². The smallest absolute Gasteiger partial charge is 0.338 e. The van der Waals surface area contributed by atoms with Crippen LogP contribution in [0.3, 0.4) is 0 Å². The van der Waals surface area contributed by atoms with Crippen LogP contribution in [0.15, 0.2) is 53.4 Å². The molecule has 0 bridgehead atoms. The van der Waals surface area contributed by atoms with Crippen molar-refractivity contribution in [1.29, 1.82) is 0 Å². The van der Waals surface area contributed by atoms with Crippen molar-refractivity contribution >= 4 is 21.7 Å². The van der Waals surface area contributed by atoms with Crippen LogP contribution < -0.4 is 10.1 Å². The number of benzene rings is 2. The van der Waals surface area contributed by atoms with Gasteiger partial charge in [0.25, 0.3) is 5.91 Å². The predicted molar refractivity (Wildman–Crippen MR) is 99.5 cm³/mol. The number of sulfone groups is 1. The number of carbonyl (C=O) groups excluding carboxylic acids is 2. The Balaban J connectivity index is 1.71. The van der Waals surface area contributed by atoms with Gasteiger partial charge in [0.05, 0.1) is 17.0 Å². The summed E-state index contributed by atoms with van der Waals surface area (Å²) in [4.78, 5) is 23.7. The van der Waals surface area contributed by atoms with E-state index < -0.39 is 28.3 Å². The third kappa shape index (κ3) is 6.74. The fraction of sp³-hybridized carbons (Fsp3) is 0.263. The van der Waals surface area contributed by atoms with Crippen LogP contribution in [-0.4, -0.2) is 46.3 Å². The molecule has 0 spiro atoms. The fourth-order valence-corrected chi connectivity index (χ4v) is 2.80. The standard InChI is InChI=1S/C19H21NO6S/c1-14-4-3-5-16(12-14)25-11-10-20-18(21)13-26-19(22)15-6-8-17(9-7-15)27(2,23)24/h3-9,12H,10-11,13H2,1-2H3,(H,20,21). The molecule has 0 radical (unpaired) electrons. The summed E-state index contributed by atoms with van der Waals surface area (Å²) in [6.07, 6.45) is 1.08. The maximum absolute atomic E-state index is 11.9. The van der Waals surface area contributed by atoms with Gasteiger partial charge in [-0.05, 0) is 48.9 Å². The quantitative estimate of drug-likeness (QED) is 0.544. The summed E-state index contributed by atoms with van der Waals surface area (Å²) < 4.78 is 33.2. The second-order valence-corrected chi connectivity index (χ2v) is 7.90. The number of hydrogen-bond donors (Lipinski definition) is 1. The van der Waals surface area contributed by atoms with Crippen molar-refractivity contribution in [2.24, 2.45) is 0 Å². The van der Waals surface area contributed by atoms with Crippen LogP contribution >= 0.6 is 0 Å². The summed E-state index contributed by atoms with van der Waals surface area (Å²) in [7, 11) is -3.33. The zero-order chi connectivity index (χ0) is 19.9. The maximum atomic E-state index is 11.9. The van der Waals surface area contributed by atoms with Gasteiger partial charge in [-0.2, -0.15) is 0 Å². The molecule has 0 atom stereocenters. The number of rotatable bonds is 8. The largest absolute Gasteiger partial charge is 0.492 e. The van der Waals surface area contributed by atoms with E-state index in [0.717, 1.165) is 11.8 Å². The molecule has 2 aromatic rings. The summed E-state index contributed by atoms with van der Waals surface area (Å²) in [5.74, 6) is -0.446. The van der Waals surface area contributed by atoms with Crippen molar-refractivity contribution in [1.82, 2.24) is 5.32 Å². The highest BCUT2D eigenvalue weighted by molar-refractivity contribution is 7.90. The molecular weight excluding hydrogens is 370 g/mol. The monoisotopic (exact) mass is 391 g/mol. The molecule has 0 aromatic heterocycles. The topological polar surface area (TPSA) is 98.8 Å². The molecule has 0 aliphatic heterocycles. The molecule has 0 fully saturated rings. The Labute approximate surface area is 158 Å². The molecule has 0 saturated carbocycles. The number of carbonyl (C=O) groups is 2. The van der Waals surface area contributed by atoms with E-state index in [1.807, 2.05) is 31.2 Å². The lowest BCUT2D eigenvalue weighted by Crippen LogP contribution is -2.32. The minimum absolute atomic E-state index is 0.102. The normalized spacial score (nSPS) is 10.9. The van der Waals surface area contributed by atoms with Crippen LogP contribution in [-0.2, 0) is 19.4 Å². The number of aryl methyl sites for hydroxylation is 1. The SMILES string of the molecule is Cc1cccc(OCCNC(=O)COC(=O)c2ccc(S(C)(=O)=O)cc2)c1. The lowest BCUT2D eigenvalue weighted by molar-refractivity contribution is -0.124. The van der Waals surface area contributed by atoms with Crippen molar-refractivity contribution in [3.8, 4) is 5.75 Å². The minimum atomic E-state index is -3.33. The third-order valence-corrected chi connectivity index (χ3v) is 4.66. The molecule has 0 aliphatic rings. The van der Waals surface area contributed by atoms with Gasteiger partial charge in [0, 0.05) is 6.26 Å². The molecular formula is C19H21NO6S. The summed E-state index contributed by atoms with van der Waals surface area (Å²) >= 11 is 0. The average Bonchev–Trinajstić information content (AvgIpc) is 2.63. The highest BCUT2D eigenvalue weighted by Gasteiger charge is 2.12. The highest BCUT2D eigenvalue weighted by Crippen LogP contribution is 2.12. The van der Waals surface area contributed by atoms with Gasteiger partial charge < -0.3 is 14.8 Å². The minimum Gasteiger partial charge on any atom is -0.492 e. The van der Waals surface area contributed by atoms with E-state index >= 15 is 0 Å². The maximum Gasteiger partial charge on any atom is 0.338 e. The summed E-state index contributed by atoms with van der Waals surface area (Å²) in [5.41, 5.74) is 1.24. The second-order valence-electron chi connectivity index (χ2n) is 5.89. The van der Waals surface area contributed by atoms with Crippen molar-refractivity contribution in [2.45, 2.75) is 11.8 Å². The van der Waals surface area contributed by atoms with Gasteiger partial charge in [-0.1, -0.05) is 12.1 Å². The first-order valence-corrected chi connectivity index (χ1v) is 10.1. The zero-order valence-electron chi connectivity index (χ0n) is 15.1. The van der Waals surface area contributed by atoms with Gasteiger partial charge in [-0.3, -0.25) is 4.79 Å². The molecule has 27 heavy (non-hydrogen) atoms. The molecule has 0 aliphatic carbocycles. The molecule has 1 amide bonds. The molecule has 1 N–H and O–H groups in total. The summed E-state index contributed by atoms with van der Waals surface area (Å²) in [5, 5.41) is 2.58. The van der Waals surface area contributed by atoms with Crippen LogP contribution in [0, 0.1) is 6.92 Å². The number of hydrogen-bond acceptors (Lipinski definition) is 6.